The number of benzene rings is 1. The molecule has 108 valence electrons. The summed E-state index contributed by atoms with van der Waals surface area (Å²) in [6.07, 6.45) is 0.878. The molecule has 5 heteroatoms. The van der Waals surface area contributed by atoms with Gasteiger partial charge in [-0.2, -0.15) is 0 Å². The molecule has 3 nitrogen and oxygen atoms in total. The van der Waals surface area contributed by atoms with E-state index in [0.717, 1.165) is 23.2 Å². The maximum Gasteiger partial charge on any atom is 1.00 e. The second-order valence-corrected chi connectivity index (χ2v) is 4.91. The van der Waals surface area contributed by atoms with Gasteiger partial charge in [-0.3, -0.25) is 4.79 Å². The molecule has 1 amide bonds. The number of methoxy groups -OCH3 is 1. The van der Waals surface area contributed by atoms with E-state index in [9.17, 15) is 4.79 Å². The smallest absolute Gasteiger partial charge is 1.00 e. The minimum atomic E-state index is -0.0878. The van der Waals surface area contributed by atoms with Crippen LogP contribution in [0.4, 0.5) is 5.69 Å². The molecule has 0 aliphatic carbocycles. The third kappa shape index (κ3) is 4.74. The molecule has 0 aromatic heterocycles. The van der Waals surface area contributed by atoms with E-state index in [1.807, 2.05) is 26.0 Å². The van der Waals surface area contributed by atoms with Gasteiger partial charge in [-0.15, -0.1) is 11.6 Å². The van der Waals surface area contributed by atoms with Gasteiger partial charge in [0.2, 0.25) is 5.91 Å². The fourth-order valence-electron chi connectivity index (χ4n) is 2.32. The van der Waals surface area contributed by atoms with Gasteiger partial charge in [0.25, 0.3) is 0 Å². The molecule has 0 saturated heterocycles. The Morgan fingerprint density at radius 1 is 1.50 bits per heavy atom. The van der Waals surface area contributed by atoms with E-state index in [-0.39, 0.29) is 48.8 Å². The van der Waals surface area contributed by atoms with E-state index < -0.39 is 0 Å². The fourth-order valence-corrected chi connectivity index (χ4v) is 2.45. The van der Waals surface area contributed by atoms with Crippen LogP contribution >= 0.6 is 11.6 Å². The van der Waals surface area contributed by atoms with Crippen LogP contribution in [0.1, 0.15) is 26.4 Å². The van der Waals surface area contributed by atoms with Crippen LogP contribution < -0.4 is 34.5 Å². The summed E-state index contributed by atoms with van der Waals surface area (Å²) in [5.41, 5.74) is 3.21. The number of nitrogens with zero attached hydrogens (tertiary/aromatic N) is 1. The number of carbonyl (C=O) groups excluding carboxylic acids is 1. The molecule has 0 N–H and O–H groups in total. The molecule has 0 spiro atoms. The number of halogens is 1. The summed E-state index contributed by atoms with van der Waals surface area (Å²) in [6.45, 7) is 6.56. The van der Waals surface area contributed by atoms with Crippen LogP contribution in [0.5, 0.6) is 0 Å². The van der Waals surface area contributed by atoms with E-state index in [1.165, 1.54) is 0 Å². The summed E-state index contributed by atoms with van der Waals surface area (Å²) in [6, 6.07) is 6.05. The number of rotatable bonds is 6. The third-order valence-electron chi connectivity index (χ3n) is 3.17. The van der Waals surface area contributed by atoms with Crippen LogP contribution in [0, 0.1) is 6.92 Å². The quantitative estimate of drug-likeness (QED) is 0.558. The molecule has 20 heavy (non-hydrogen) atoms. The van der Waals surface area contributed by atoms with Crippen molar-refractivity contribution in [1.29, 1.82) is 0 Å². The zero-order chi connectivity index (χ0) is 14.4. The average molecular weight is 308 g/mol. The molecular formula is C15H23ClNNaO2. The van der Waals surface area contributed by atoms with Gasteiger partial charge in [-0.1, -0.05) is 25.1 Å². The number of alkyl halides is 1. The summed E-state index contributed by atoms with van der Waals surface area (Å²) in [5, 5.41) is 0. The second kappa shape index (κ2) is 9.80. The average Bonchev–Trinajstić information content (AvgIpc) is 2.40. The van der Waals surface area contributed by atoms with Gasteiger partial charge in [0.1, 0.15) is 5.88 Å². The monoisotopic (exact) mass is 307 g/mol. The van der Waals surface area contributed by atoms with Crippen LogP contribution in [0.3, 0.4) is 0 Å². The van der Waals surface area contributed by atoms with Gasteiger partial charge in [-0.25, -0.2) is 0 Å². The van der Waals surface area contributed by atoms with Crippen molar-refractivity contribution in [3.63, 3.8) is 0 Å². The molecule has 0 saturated carbocycles. The topological polar surface area (TPSA) is 29.5 Å². The number of hydrogen-bond acceptors (Lipinski definition) is 2. The first kappa shape index (κ1) is 19.9. The summed E-state index contributed by atoms with van der Waals surface area (Å²) in [4.78, 5) is 14.0. The molecule has 1 unspecified atom stereocenters. The Morgan fingerprint density at radius 2 is 2.15 bits per heavy atom. The van der Waals surface area contributed by atoms with Crippen LogP contribution in [-0.4, -0.2) is 31.5 Å². The van der Waals surface area contributed by atoms with Crippen molar-refractivity contribution in [2.45, 2.75) is 33.2 Å². The molecule has 1 atom stereocenters. The van der Waals surface area contributed by atoms with Crippen molar-refractivity contribution in [2.75, 3.05) is 24.5 Å². The Morgan fingerprint density at radius 3 is 2.65 bits per heavy atom. The normalized spacial score (nSPS) is 11.7. The predicted molar refractivity (Wildman–Crippen MR) is 81.2 cm³/mol. The molecule has 0 heterocycles. The summed E-state index contributed by atoms with van der Waals surface area (Å²) < 4.78 is 5.18. The number of hydrogen-bond donors (Lipinski definition) is 0. The first-order valence-corrected chi connectivity index (χ1v) is 7.05. The van der Waals surface area contributed by atoms with Crippen LogP contribution in [-0.2, 0) is 16.0 Å². The number of para-hydroxylation sites is 1. The second-order valence-electron chi connectivity index (χ2n) is 4.64. The van der Waals surface area contributed by atoms with Crippen molar-refractivity contribution in [3.05, 3.63) is 29.3 Å². The van der Waals surface area contributed by atoms with Gasteiger partial charge in [0.05, 0.1) is 18.3 Å². The molecule has 1 aromatic carbocycles. The Hall–Kier alpha value is -0.0600. The van der Waals surface area contributed by atoms with Gasteiger partial charge >= 0.3 is 29.6 Å². The third-order valence-corrected chi connectivity index (χ3v) is 3.40. The zero-order valence-corrected chi connectivity index (χ0v) is 15.8. The van der Waals surface area contributed by atoms with Crippen molar-refractivity contribution < 1.29 is 40.5 Å². The summed E-state index contributed by atoms with van der Waals surface area (Å²) >= 11 is 5.76. The Labute approximate surface area is 150 Å². The predicted octanol–water partition coefficient (Wildman–Crippen LogP) is 0.281. The van der Waals surface area contributed by atoms with Gasteiger partial charge in [0.15, 0.2) is 0 Å². The van der Waals surface area contributed by atoms with Crippen molar-refractivity contribution in [2.24, 2.45) is 0 Å². The number of amides is 1. The maximum absolute atomic E-state index is 12.2. The van der Waals surface area contributed by atoms with Crippen molar-refractivity contribution in [3.8, 4) is 0 Å². The molecule has 0 aliphatic heterocycles. The van der Waals surface area contributed by atoms with Crippen LogP contribution in [0.2, 0.25) is 0 Å². The van der Waals surface area contributed by atoms with Crippen LogP contribution in [0.15, 0.2) is 18.2 Å². The molecule has 0 radical (unpaired) electrons. The van der Waals surface area contributed by atoms with Gasteiger partial charge in [0, 0.05) is 7.11 Å². The molecule has 1 rings (SSSR count). The number of ether oxygens (including phenoxy) is 1. The Balaban J connectivity index is 0. The number of aryl methyl sites for hydroxylation is 2. The van der Waals surface area contributed by atoms with Crippen LogP contribution in [0.25, 0.3) is 0 Å². The SMILES string of the molecule is CCc1cccc(C)c1N(C(=O)CCl)C(C)COC.[H-].[Na+]. The van der Waals surface area contributed by atoms with E-state index in [0.29, 0.717) is 6.61 Å². The summed E-state index contributed by atoms with van der Waals surface area (Å²) in [7, 11) is 1.64. The first-order valence-electron chi connectivity index (χ1n) is 6.52. The van der Waals surface area contributed by atoms with Gasteiger partial charge < -0.3 is 11.1 Å². The molecular weight excluding hydrogens is 285 g/mol. The maximum atomic E-state index is 12.2. The minimum Gasteiger partial charge on any atom is -1.00 e. The Bertz CT molecular complexity index is 446. The first-order chi connectivity index (χ1) is 9.06. The van der Waals surface area contributed by atoms with Crippen molar-refractivity contribution >= 4 is 23.2 Å². The Kier molecular flexibility index (Phi) is 9.77. The number of anilines is 1. The minimum absolute atomic E-state index is 0. The largest absolute Gasteiger partial charge is 1.00 e. The van der Waals surface area contributed by atoms with Gasteiger partial charge in [-0.05, 0) is 31.4 Å². The fraction of sp³-hybridized carbons (Fsp3) is 0.533. The standard InChI is InChI=1S/C15H22ClNO2.Na.H/c1-5-13-8-6-7-11(2)15(13)17(14(18)9-16)12(3)10-19-4;;/h6-8,12H,5,9-10H2,1-4H3;;/q;+1;-1. The van der Waals surface area contributed by atoms with Crippen molar-refractivity contribution in [1.82, 2.24) is 0 Å². The zero-order valence-electron chi connectivity index (χ0n) is 14.1. The summed E-state index contributed by atoms with van der Waals surface area (Å²) in [5.74, 6) is -0.110. The molecule has 0 aliphatic rings. The number of carbonyl (C=O) groups is 1. The van der Waals surface area contributed by atoms with E-state index >= 15 is 0 Å². The van der Waals surface area contributed by atoms with E-state index in [4.69, 9.17) is 16.3 Å². The molecule has 1 aromatic rings. The molecule has 0 bridgehead atoms. The van der Waals surface area contributed by atoms with E-state index in [2.05, 4.69) is 13.0 Å². The van der Waals surface area contributed by atoms with E-state index in [1.54, 1.807) is 12.0 Å². The molecule has 0 fully saturated rings.